The van der Waals surface area contributed by atoms with Gasteiger partial charge in [-0.2, -0.15) is 0 Å². The fraction of sp³-hybridized carbons (Fsp3) is 0.979. The highest BCUT2D eigenvalue weighted by Gasteiger charge is 2.51. The number of rotatable bonds is 38. The molecule has 0 spiro atoms. The molecule has 2 heterocycles. The Labute approximate surface area is 368 Å². The van der Waals surface area contributed by atoms with Crippen LogP contribution in [0, 0.1) is 0 Å². The van der Waals surface area contributed by atoms with Crippen molar-refractivity contribution in [3.05, 3.63) is 0 Å². The van der Waals surface area contributed by atoms with Crippen LogP contribution >= 0.6 is 0 Å². The van der Waals surface area contributed by atoms with E-state index in [2.05, 4.69) is 19.2 Å². The fourth-order valence-corrected chi connectivity index (χ4v) is 8.47. The Kier molecular flexibility index (Phi) is 32.5. The SMILES string of the molecule is CCCCCCCCCCCCCCCC[C@@H](O)[C@H](CO[C@@H]1O[C@H](CO)[C@@H](O[C@@H]2O[C@H](CO)[C@H](O)C(O)C2O)C(O)C1O)NC(=O)CCCCCCCCCCCCCCC. The lowest BCUT2D eigenvalue weighted by Gasteiger charge is -2.46. The molecule has 0 saturated carbocycles. The third kappa shape index (κ3) is 23.1. The first-order valence-corrected chi connectivity index (χ1v) is 24.8. The summed E-state index contributed by atoms with van der Waals surface area (Å²) in [5.74, 6) is -0.206. The van der Waals surface area contributed by atoms with Gasteiger partial charge in [-0.1, -0.05) is 181 Å². The summed E-state index contributed by atoms with van der Waals surface area (Å²) in [6.45, 7) is 2.85. The lowest BCUT2D eigenvalue weighted by Crippen LogP contribution is -2.65. The molecule has 14 heteroatoms. The van der Waals surface area contributed by atoms with E-state index >= 15 is 0 Å². The van der Waals surface area contributed by atoms with Crippen LogP contribution in [0.15, 0.2) is 0 Å². The van der Waals surface area contributed by atoms with Gasteiger partial charge in [0.2, 0.25) is 5.91 Å². The number of aliphatic hydroxyl groups excluding tert-OH is 8. The van der Waals surface area contributed by atoms with Crippen LogP contribution in [0.3, 0.4) is 0 Å². The molecule has 0 aliphatic carbocycles. The zero-order valence-corrected chi connectivity index (χ0v) is 38.2. The van der Waals surface area contributed by atoms with Crippen LogP contribution in [0.1, 0.15) is 200 Å². The minimum absolute atomic E-state index is 0.206. The number of unbranched alkanes of at least 4 members (excludes halogenated alkanes) is 25. The van der Waals surface area contributed by atoms with Crippen LogP contribution in [0.4, 0.5) is 0 Å². The highest BCUT2D eigenvalue weighted by Crippen LogP contribution is 2.30. The molecular weight excluding hydrogens is 787 g/mol. The second-order valence-corrected chi connectivity index (χ2v) is 18.0. The number of nitrogens with one attached hydrogen (secondary N) is 1. The second kappa shape index (κ2) is 35.3. The van der Waals surface area contributed by atoms with Crippen LogP contribution in [-0.2, 0) is 23.7 Å². The maximum Gasteiger partial charge on any atom is 0.220 e. The minimum atomic E-state index is -1.78. The Morgan fingerprint density at radius 1 is 0.525 bits per heavy atom. The lowest BCUT2D eigenvalue weighted by atomic mass is 9.97. The van der Waals surface area contributed by atoms with E-state index in [-0.39, 0.29) is 12.5 Å². The topological polar surface area (TPSA) is 228 Å². The summed E-state index contributed by atoms with van der Waals surface area (Å²) in [5, 5.41) is 86.8. The molecule has 1 amide bonds. The van der Waals surface area contributed by atoms with Gasteiger partial charge in [-0.3, -0.25) is 4.79 Å². The number of hydrogen-bond donors (Lipinski definition) is 9. The van der Waals surface area contributed by atoms with E-state index < -0.39 is 86.8 Å². The van der Waals surface area contributed by atoms with Crippen LogP contribution in [0.5, 0.6) is 0 Å². The van der Waals surface area contributed by atoms with Gasteiger partial charge in [0.1, 0.15) is 48.8 Å². The van der Waals surface area contributed by atoms with E-state index in [9.17, 15) is 45.6 Å². The van der Waals surface area contributed by atoms with Crippen molar-refractivity contribution in [3.63, 3.8) is 0 Å². The van der Waals surface area contributed by atoms with Crippen molar-refractivity contribution in [1.29, 1.82) is 0 Å². The molecule has 9 N–H and O–H groups in total. The molecule has 4 unspecified atom stereocenters. The number of aliphatic hydroxyl groups is 8. The molecule has 0 aromatic heterocycles. The van der Waals surface area contributed by atoms with Crippen molar-refractivity contribution >= 4 is 5.91 Å². The first-order valence-electron chi connectivity index (χ1n) is 24.8. The van der Waals surface area contributed by atoms with Gasteiger partial charge in [0.15, 0.2) is 12.6 Å². The molecular formula is C47H91NO13. The van der Waals surface area contributed by atoms with Crippen molar-refractivity contribution in [3.8, 4) is 0 Å². The molecule has 0 bridgehead atoms. The summed E-state index contributed by atoms with van der Waals surface area (Å²) in [6.07, 6.45) is 16.7. The minimum Gasteiger partial charge on any atom is -0.394 e. The van der Waals surface area contributed by atoms with E-state index in [1.807, 2.05) is 0 Å². The first kappa shape index (κ1) is 56.1. The van der Waals surface area contributed by atoms with Crippen molar-refractivity contribution in [1.82, 2.24) is 5.32 Å². The summed E-state index contributed by atoms with van der Waals surface area (Å²) in [7, 11) is 0. The van der Waals surface area contributed by atoms with Gasteiger partial charge >= 0.3 is 0 Å². The van der Waals surface area contributed by atoms with Gasteiger partial charge in [0.25, 0.3) is 0 Å². The van der Waals surface area contributed by atoms with Crippen molar-refractivity contribution in [2.24, 2.45) is 0 Å². The third-order valence-electron chi connectivity index (χ3n) is 12.6. The Morgan fingerprint density at radius 2 is 0.934 bits per heavy atom. The zero-order valence-electron chi connectivity index (χ0n) is 38.2. The summed E-state index contributed by atoms with van der Waals surface area (Å²) in [4.78, 5) is 13.1. The molecule has 362 valence electrons. The molecule has 0 aromatic carbocycles. The average molecular weight is 878 g/mol. The van der Waals surface area contributed by atoms with Gasteiger partial charge in [-0.25, -0.2) is 0 Å². The molecule has 2 rings (SSSR count). The van der Waals surface area contributed by atoms with Crippen LogP contribution in [0.25, 0.3) is 0 Å². The standard InChI is InChI=1S/C47H91NO13/c1-3-5-7-9-11-13-15-17-19-20-22-24-26-28-30-36(51)35(48-39(52)31-29-27-25-23-21-18-16-14-12-10-8-6-4-2)34-58-46-44(57)42(55)45(38(33-50)60-46)61-47-43(56)41(54)40(53)37(32-49)59-47/h35-38,40-47,49-51,53-57H,3-34H2,1-2H3,(H,48,52)/t35-,36+,37+,38+,40-,41?,42?,43?,44?,45+,46+,47-/m0/s1. The number of carbonyl (C=O) groups excluding carboxylic acids is 1. The Balaban J connectivity index is 1.85. The molecule has 61 heavy (non-hydrogen) atoms. The fourth-order valence-electron chi connectivity index (χ4n) is 8.47. The second-order valence-electron chi connectivity index (χ2n) is 18.0. The van der Waals surface area contributed by atoms with Gasteiger partial charge in [-0.15, -0.1) is 0 Å². The van der Waals surface area contributed by atoms with Crippen LogP contribution < -0.4 is 5.32 Å². The van der Waals surface area contributed by atoms with Crippen molar-refractivity contribution in [2.75, 3.05) is 19.8 Å². The molecule has 2 aliphatic rings. The highest BCUT2D eigenvalue weighted by atomic mass is 16.7. The van der Waals surface area contributed by atoms with Gasteiger partial charge in [-0.05, 0) is 12.8 Å². The van der Waals surface area contributed by atoms with E-state index in [0.29, 0.717) is 12.8 Å². The Morgan fingerprint density at radius 3 is 1.39 bits per heavy atom. The van der Waals surface area contributed by atoms with Gasteiger partial charge in [0, 0.05) is 6.42 Å². The predicted octanol–water partition coefficient (Wildman–Crippen LogP) is 5.83. The van der Waals surface area contributed by atoms with E-state index in [1.165, 1.54) is 122 Å². The van der Waals surface area contributed by atoms with Crippen molar-refractivity contribution in [2.45, 2.75) is 274 Å². The summed E-state index contributed by atoms with van der Waals surface area (Å²) < 4.78 is 22.7. The van der Waals surface area contributed by atoms with Crippen LogP contribution in [-0.4, -0.2) is 140 Å². The van der Waals surface area contributed by atoms with E-state index in [1.54, 1.807) is 0 Å². The Hall–Kier alpha value is -1.01. The molecule has 2 saturated heterocycles. The van der Waals surface area contributed by atoms with Crippen molar-refractivity contribution < 1.29 is 64.6 Å². The quantitative estimate of drug-likeness (QED) is 0.0334. The predicted molar refractivity (Wildman–Crippen MR) is 236 cm³/mol. The lowest BCUT2D eigenvalue weighted by molar-refractivity contribution is -0.359. The maximum atomic E-state index is 13.1. The van der Waals surface area contributed by atoms with Crippen LogP contribution in [0.2, 0.25) is 0 Å². The summed E-state index contributed by atoms with van der Waals surface area (Å²) in [5.41, 5.74) is 0. The number of hydrogen-bond acceptors (Lipinski definition) is 13. The number of ether oxygens (including phenoxy) is 4. The number of carbonyl (C=O) groups is 1. The molecule has 14 nitrogen and oxygen atoms in total. The van der Waals surface area contributed by atoms with Gasteiger partial charge < -0.3 is 65.1 Å². The summed E-state index contributed by atoms with van der Waals surface area (Å²) in [6, 6.07) is -0.819. The first-order chi connectivity index (χ1) is 29.6. The van der Waals surface area contributed by atoms with Gasteiger partial charge in [0.05, 0.1) is 32.0 Å². The number of amides is 1. The van der Waals surface area contributed by atoms with E-state index in [4.69, 9.17) is 18.9 Å². The third-order valence-corrected chi connectivity index (χ3v) is 12.6. The molecule has 2 fully saturated rings. The summed E-state index contributed by atoms with van der Waals surface area (Å²) >= 11 is 0. The molecule has 0 radical (unpaired) electrons. The Bertz CT molecular complexity index is 1040. The zero-order chi connectivity index (χ0) is 44.7. The van der Waals surface area contributed by atoms with E-state index in [0.717, 1.165) is 51.4 Å². The normalized spacial score (nSPS) is 27.9. The average Bonchev–Trinajstić information content (AvgIpc) is 3.26. The largest absolute Gasteiger partial charge is 0.394 e. The smallest absolute Gasteiger partial charge is 0.220 e. The molecule has 2 aliphatic heterocycles. The molecule has 12 atom stereocenters. The highest BCUT2D eigenvalue weighted by molar-refractivity contribution is 5.76. The molecule has 0 aromatic rings. The monoisotopic (exact) mass is 878 g/mol. The maximum absolute atomic E-state index is 13.1.